The minimum Gasteiger partial charge on any atom is -0.324 e. The number of nitrogens with two attached hydrogens (primary N) is 1. The Morgan fingerprint density at radius 1 is 1.31 bits per heavy atom. The van der Waals surface area contributed by atoms with Crippen LogP contribution in [0.2, 0.25) is 0 Å². The Bertz CT molecular complexity index is 213. The van der Waals surface area contributed by atoms with E-state index in [-0.39, 0.29) is 5.54 Å². The van der Waals surface area contributed by atoms with Crippen LogP contribution in [-0.4, -0.2) is 18.6 Å². The van der Waals surface area contributed by atoms with E-state index in [1.54, 1.807) is 0 Å². The van der Waals surface area contributed by atoms with Crippen LogP contribution in [0.4, 0.5) is 0 Å². The predicted octanol–water partition coefficient (Wildman–Crippen LogP) is 2.67. The molecule has 0 aromatic heterocycles. The van der Waals surface area contributed by atoms with Gasteiger partial charge in [-0.15, -0.1) is 0 Å². The standard InChI is InChI=1S/C14H28N2/c1-12-4-2-8-14(15,10-12)11-16-9-3-5-13-6-7-13/h12-13,16H,2-11,15H2,1H3. The molecule has 2 fully saturated rings. The molecule has 16 heavy (non-hydrogen) atoms. The first-order valence-corrected chi connectivity index (χ1v) is 7.18. The Labute approximate surface area is 100 Å². The maximum Gasteiger partial charge on any atom is 0.0283 e. The summed E-state index contributed by atoms with van der Waals surface area (Å²) in [5.41, 5.74) is 6.54. The van der Waals surface area contributed by atoms with Gasteiger partial charge in [-0.25, -0.2) is 0 Å². The fourth-order valence-corrected chi connectivity index (χ4v) is 3.12. The number of hydrogen-bond acceptors (Lipinski definition) is 2. The lowest BCUT2D eigenvalue weighted by atomic mass is 9.77. The number of hydrogen-bond donors (Lipinski definition) is 2. The molecule has 0 radical (unpaired) electrons. The molecule has 0 heterocycles. The number of rotatable bonds is 6. The van der Waals surface area contributed by atoms with Crippen molar-refractivity contribution in [2.75, 3.05) is 13.1 Å². The van der Waals surface area contributed by atoms with Crippen LogP contribution in [-0.2, 0) is 0 Å². The van der Waals surface area contributed by atoms with Crippen molar-refractivity contribution in [3.63, 3.8) is 0 Å². The highest BCUT2D eigenvalue weighted by Crippen LogP contribution is 2.33. The van der Waals surface area contributed by atoms with E-state index in [9.17, 15) is 0 Å². The van der Waals surface area contributed by atoms with Crippen molar-refractivity contribution in [3.8, 4) is 0 Å². The lowest BCUT2D eigenvalue weighted by Crippen LogP contribution is -2.51. The van der Waals surface area contributed by atoms with Gasteiger partial charge in [-0.2, -0.15) is 0 Å². The minimum absolute atomic E-state index is 0.0945. The van der Waals surface area contributed by atoms with Crippen molar-refractivity contribution in [1.82, 2.24) is 5.32 Å². The summed E-state index contributed by atoms with van der Waals surface area (Å²) in [4.78, 5) is 0. The SMILES string of the molecule is CC1CCCC(N)(CNCCCC2CC2)C1. The average molecular weight is 224 g/mol. The van der Waals surface area contributed by atoms with E-state index in [0.717, 1.165) is 18.4 Å². The maximum atomic E-state index is 6.44. The van der Waals surface area contributed by atoms with E-state index in [0.29, 0.717) is 0 Å². The molecule has 2 atom stereocenters. The minimum atomic E-state index is 0.0945. The molecule has 2 saturated carbocycles. The molecule has 2 aliphatic carbocycles. The first-order valence-electron chi connectivity index (χ1n) is 7.18. The van der Waals surface area contributed by atoms with Crippen LogP contribution >= 0.6 is 0 Å². The second-order valence-corrected chi connectivity index (χ2v) is 6.33. The van der Waals surface area contributed by atoms with E-state index >= 15 is 0 Å². The van der Waals surface area contributed by atoms with E-state index in [1.165, 1.54) is 57.9 Å². The lowest BCUT2D eigenvalue weighted by Gasteiger charge is -2.37. The first-order chi connectivity index (χ1) is 7.68. The molecule has 2 unspecified atom stereocenters. The summed E-state index contributed by atoms with van der Waals surface area (Å²) >= 11 is 0. The lowest BCUT2D eigenvalue weighted by molar-refractivity contribution is 0.229. The predicted molar refractivity (Wildman–Crippen MR) is 69.4 cm³/mol. The summed E-state index contributed by atoms with van der Waals surface area (Å²) in [5.74, 6) is 1.90. The van der Waals surface area contributed by atoms with Crippen molar-refractivity contribution < 1.29 is 0 Å². The summed E-state index contributed by atoms with van der Waals surface area (Å²) in [6, 6.07) is 0. The quantitative estimate of drug-likeness (QED) is 0.681. The molecule has 2 rings (SSSR count). The maximum absolute atomic E-state index is 6.44. The Morgan fingerprint density at radius 2 is 2.12 bits per heavy atom. The van der Waals surface area contributed by atoms with Crippen LogP contribution < -0.4 is 11.1 Å². The zero-order valence-corrected chi connectivity index (χ0v) is 10.8. The van der Waals surface area contributed by atoms with Crippen LogP contribution in [0.25, 0.3) is 0 Å². The van der Waals surface area contributed by atoms with Crippen LogP contribution in [0.5, 0.6) is 0 Å². The average Bonchev–Trinajstić information content (AvgIpc) is 3.00. The van der Waals surface area contributed by atoms with Gasteiger partial charge in [0.2, 0.25) is 0 Å². The summed E-state index contributed by atoms with van der Waals surface area (Å²) < 4.78 is 0. The second kappa shape index (κ2) is 5.50. The first kappa shape index (κ1) is 12.4. The summed E-state index contributed by atoms with van der Waals surface area (Å²) in [6.45, 7) is 4.54. The highest BCUT2D eigenvalue weighted by molar-refractivity contribution is 4.91. The smallest absolute Gasteiger partial charge is 0.0283 e. The van der Waals surface area contributed by atoms with Gasteiger partial charge in [0.25, 0.3) is 0 Å². The van der Waals surface area contributed by atoms with E-state index in [2.05, 4.69) is 12.2 Å². The third kappa shape index (κ3) is 4.06. The van der Waals surface area contributed by atoms with Crippen LogP contribution in [0, 0.1) is 11.8 Å². The second-order valence-electron chi connectivity index (χ2n) is 6.33. The molecule has 94 valence electrons. The van der Waals surface area contributed by atoms with Gasteiger partial charge in [-0.1, -0.05) is 32.6 Å². The van der Waals surface area contributed by atoms with Crippen molar-refractivity contribution in [2.24, 2.45) is 17.6 Å². The molecule has 3 N–H and O–H groups in total. The van der Waals surface area contributed by atoms with E-state index in [4.69, 9.17) is 5.73 Å². The van der Waals surface area contributed by atoms with E-state index < -0.39 is 0 Å². The molecule has 0 aromatic carbocycles. The van der Waals surface area contributed by atoms with Gasteiger partial charge in [0.15, 0.2) is 0 Å². The highest BCUT2D eigenvalue weighted by atomic mass is 14.9. The molecule has 2 aliphatic rings. The van der Waals surface area contributed by atoms with Crippen LogP contribution in [0.15, 0.2) is 0 Å². The number of nitrogens with one attached hydrogen (secondary N) is 1. The molecule has 0 aromatic rings. The van der Waals surface area contributed by atoms with Crippen LogP contribution in [0.1, 0.15) is 58.3 Å². The van der Waals surface area contributed by atoms with Crippen LogP contribution in [0.3, 0.4) is 0 Å². The van der Waals surface area contributed by atoms with Crippen molar-refractivity contribution in [3.05, 3.63) is 0 Å². The Morgan fingerprint density at radius 3 is 2.81 bits per heavy atom. The van der Waals surface area contributed by atoms with Gasteiger partial charge in [0, 0.05) is 12.1 Å². The fraction of sp³-hybridized carbons (Fsp3) is 1.00. The summed E-state index contributed by atoms with van der Waals surface area (Å²) in [7, 11) is 0. The fourth-order valence-electron chi connectivity index (χ4n) is 3.12. The third-order valence-electron chi connectivity index (χ3n) is 4.27. The van der Waals surface area contributed by atoms with E-state index in [1.807, 2.05) is 0 Å². The molecule has 0 bridgehead atoms. The van der Waals surface area contributed by atoms with Gasteiger partial charge in [0.1, 0.15) is 0 Å². The summed E-state index contributed by atoms with van der Waals surface area (Å²) in [6.07, 6.45) is 10.9. The molecular formula is C14H28N2. The molecule has 0 spiro atoms. The van der Waals surface area contributed by atoms with Gasteiger partial charge in [-0.05, 0) is 44.1 Å². The van der Waals surface area contributed by atoms with Gasteiger partial charge < -0.3 is 11.1 Å². The summed E-state index contributed by atoms with van der Waals surface area (Å²) in [5, 5.41) is 3.57. The van der Waals surface area contributed by atoms with Crippen molar-refractivity contribution in [2.45, 2.75) is 63.8 Å². The zero-order chi connectivity index (χ0) is 11.4. The Balaban J connectivity index is 1.56. The largest absolute Gasteiger partial charge is 0.324 e. The van der Waals surface area contributed by atoms with Gasteiger partial charge in [0.05, 0.1) is 0 Å². The molecule has 0 aliphatic heterocycles. The topological polar surface area (TPSA) is 38.0 Å². The monoisotopic (exact) mass is 224 g/mol. The van der Waals surface area contributed by atoms with Gasteiger partial charge in [-0.3, -0.25) is 0 Å². The molecule has 2 nitrogen and oxygen atoms in total. The molecule has 0 saturated heterocycles. The third-order valence-corrected chi connectivity index (χ3v) is 4.27. The molecule has 0 amide bonds. The van der Waals surface area contributed by atoms with Crippen molar-refractivity contribution >= 4 is 0 Å². The normalized spacial score (nSPS) is 35.2. The Kier molecular flexibility index (Phi) is 4.26. The Hall–Kier alpha value is -0.0800. The highest BCUT2D eigenvalue weighted by Gasteiger charge is 2.30. The molecule has 2 heteroatoms. The molecular weight excluding hydrogens is 196 g/mol. The van der Waals surface area contributed by atoms with Crippen molar-refractivity contribution in [1.29, 1.82) is 0 Å². The van der Waals surface area contributed by atoms with Gasteiger partial charge >= 0.3 is 0 Å². The zero-order valence-electron chi connectivity index (χ0n) is 10.8.